The summed E-state index contributed by atoms with van der Waals surface area (Å²) < 4.78 is 47.5. The van der Waals surface area contributed by atoms with E-state index in [1.54, 1.807) is 0 Å². The van der Waals surface area contributed by atoms with Gasteiger partial charge < -0.3 is 15.0 Å². The molecule has 0 atom stereocenters. The monoisotopic (exact) mass is 496 g/mol. The number of halogens is 3. The Labute approximate surface area is 206 Å². The van der Waals surface area contributed by atoms with E-state index in [9.17, 15) is 22.8 Å². The zero-order valence-electron chi connectivity index (χ0n) is 20.1. The molecule has 1 saturated carbocycles. The molecule has 5 rings (SSSR count). The minimum Gasteiger partial charge on any atom is -0.457 e. The number of aryl methyl sites for hydroxylation is 2. The van der Waals surface area contributed by atoms with Crippen molar-refractivity contribution in [3.63, 3.8) is 0 Å². The maximum absolute atomic E-state index is 13.8. The number of nitrogens with one attached hydrogen (secondary N) is 2. The van der Waals surface area contributed by atoms with Gasteiger partial charge in [-0.15, -0.1) is 0 Å². The Bertz CT molecular complexity index is 1340. The smallest absolute Gasteiger partial charge is 0.431 e. The number of amides is 1. The lowest BCUT2D eigenvalue weighted by Gasteiger charge is -2.29. The highest BCUT2D eigenvalue weighted by molar-refractivity contribution is 5.94. The molecule has 0 spiro atoms. The summed E-state index contributed by atoms with van der Waals surface area (Å²) in [7, 11) is 0. The first-order valence-corrected chi connectivity index (χ1v) is 12.2. The molecule has 2 heterocycles. The Morgan fingerprint density at radius 1 is 0.917 bits per heavy atom. The van der Waals surface area contributed by atoms with E-state index in [0.29, 0.717) is 35.5 Å². The Morgan fingerprint density at radius 2 is 1.50 bits per heavy atom. The molecule has 2 aliphatic rings. The van der Waals surface area contributed by atoms with Gasteiger partial charge in [-0.1, -0.05) is 43.5 Å². The standard InChI is InChI=1S/C28H27F3N2O3/c1-15-8-10-18-22(12-15)36-23-13-16(2)9-11-19(23)24(18)32-26(34)21-14-20(17-6-4-3-5-7-17)25(28(29,30)31)33-27(21)35/h8-14,17,24H,3-7H2,1-2H3,(H,32,34)(H,33,35). The van der Waals surface area contributed by atoms with E-state index < -0.39 is 29.4 Å². The maximum Gasteiger partial charge on any atom is 0.431 e. The van der Waals surface area contributed by atoms with Gasteiger partial charge in [0.05, 0.1) is 6.04 Å². The topological polar surface area (TPSA) is 71.2 Å². The van der Waals surface area contributed by atoms with Gasteiger partial charge in [-0.05, 0) is 67.5 Å². The molecule has 0 unspecified atom stereocenters. The number of H-pyrrole nitrogens is 1. The number of rotatable bonds is 3. The summed E-state index contributed by atoms with van der Waals surface area (Å²) in [4.78, 5) is 28.2. The van der Waals surface area contributed by atoms with E-state index in [1.807, 2.05) is 55.2 Å². The third kappa shape index (κ3) is 4.52. The molecule has 1 amide bonds. The van der Waals surface area contributed by atoms with Gasteiger partial charge >= 0.3 is 6.18 Å². The predicted octanol–water partition coefficient (Wildman–Crippen LogP) is 6.68. The summed E-state index contributed by atoms with van der Waals surface area (Å²) in [5.41, 5.74) is 0.937. The zero-order valence-corrected chi connectivity index (χ0v) is 20.1. The Balaban J connectivity index is 1.56. The molecule has 1 aliphatic carbocycles. The molecule has 8 heteroatoms. The largest absolute Gasteiger partial charge is 0.457 e. The van der Waals surface area contributed by atoms with E-state index in [2.05, 4.69) is 5.32 Å². The number of carbonyl (C=O) groups excluding carboxylic acids is 1. The second-order valence-corrected chi connectivity index (χ2v) is 9.77. The summed E-state index contributed by atoms with van der Waals surface area (Å²) >= 11 is 0. The van der Waals surface area contributed by atoms with Crippen LogP contribution >= 0.6 is 0 Å². The molecule has 3 aromatic rings. The lowest BCUT2D eigenvalue weighted by molar-refractivity contribution is -0.142. The third-order valence-electron chi connectivity index (χ3n) is 7.10. The van der Waals surface area contributed by atoms with Crippen molar-refractivity contribution in [1.29, 1.82) is 0 Å². The second-order valence-electron chi connectivity index (χ2n) is 9.77. The van der Waals surface area contributed by atoms with Crippen LogP contribution in [-0.4, -0.2) is 10.9 Å². The van der Waals surface area contributed by atoms with Gasteiger partial charge in [0.15, 0.2) is 0 Å². The molecule has 36 heavy (non-hydrogen) atoms. The van der Waals surface area contributed by atoms with Crippen LogP contribution in [0, 0.1) is 13.8 Å². The van der Waals surface area contributed by atoms with Gasteiger partial charge in [0.25, 0.3) is 11.5 Å². The van der Waals surface area contributed by atoms with Crippen LogP contribution in [0.1, 0.15) is 87.9 Å². The molecule has 5 nitrogen and oxygen atoms in total. The van der Waals surface area contributed by atoms with E-state index in [4.69, 9.17) is 4.74 Å². The highest BCUT2D eigenvalue weighted by Gasteiger charge is 2.38. The van der Waals surface area contributed by atoms with Crippen molar-refractivity contribution in [2.45, 2.75) is 64.1 Å². The van der Waals surface area contributed by atoms with Crippen LogP contribution in [0.5, 0.6) is 11.5 Å². The van der Waals surface area contributed by atoms with Gasteiger partial charge in [0, 0.05) is 11.1 Å². The summed E-state index contributed by atoms with van der Waals surface area (Å²) in [5, 5.41) is 2.90. The van der Waals surface area contributed by atoms with Crippen molar-refractivity contribution < 1.29 is 22.7 Å². The fourth-order valence-corrected chi connectivity index (χ4v) is 5.27. The van der Waals surface area contributed by atoms with Gasteiger partial charge in [-0.2, -0.15) is 13.2 Å². The first-order valence-electron chi connectivity index (χ1n) is 12.2. The average Bonchev–Trinajstić information content (AvgIpc) is 2.83. The first-order chi connectivity index (χ1) is 17.1. The van der Waals surface area contributed by atoms with Crippen molar-refractivity contribution in [3.8, 4) is 11.5 Å². The molecule has 0 bridgehead atoms. The summed E-state index contributed by atoms with van der Waals surface area (Å²) in [5.74, 6) is 0.0893. The fraction of sp³-hybridized carbons (Fsp3) is 0.357. The van der Waals surface area contributed by atoms with Crippen molar-refractivity contribution in [2.24, 2.45) is 0 Å². The van der Waals surface area contributed by atoms with Crippen molar-refractivity contribution in [2.75, 3.05) is 0 Å². The number of fused-ring (bicyclic) bond motifs is 2. The van der Waals surface area contributed by atoms with Gasteiger partial charge in [-0.3, -0.25) is 9.59 Å². The minimum atomic E-state index is -4.71. The number of hydrogen-bond acceptors (Lipinski definition) is 3. The lowest BCUT2D eigenvalue weighted by Crippen LogP contribution is -2.36. The van der Waals surface area contributed by atoms with E-state index >= 15 is 0 Å². The van der Waals surface area contributed by atoms with Crippen molar-refractivity contribution in [3.05, 3.63) is 91.9 Å². The summed E-state index contributed by atoms with van der Waals surface area (Å²) in [6.45, 7) is 3.86. The molecule has 1 fully saturated rings. The van der Waals surface area contributed by atoms with Crippen LogP contribution in [0.3, 0.4) is 0 Å². The number of aromatic amines is 1. The van der Waals surface area contributed by atoms with Crippen LogP contribution < -0.4 is 15.6 Å². The average molecular weight is 497 g/mol. The Hall–Kier alpha value is -3.55. The number of carbonyl (C=O) groups is 1. The van der Waals surface area contributed by atoms with Crippen LogP contribution in [0.2, 0.25) is 0 Å². The minimum absolute atomic E-state index is 0.00835. The van der Waals surface area contributed by atoms with Crippen molar-refractivity contribution >= 4 is 5.91 Å². The summed E-state index contributed by atoms with van der Waals surface area (Å²) in [6.07, 6.45) is -0.926. The van der Waals surface area contributed by atoms with Crippen LogP contribution in [0.4, 0.5) is 13.2 Å². The third-order valence-corrected chi connectivity index (χ3v) is 7.10. The molecule has 1 aromatic heterocycles. The molecular weight excluding hydrogens is 469 g/mol. The number of alkyl halides is 3. The first kappa shape index (κ1) is 24.2. The SMILES string of the molecule is Cc1ccc2c(c1)Oc1cc(C)ccc1C2NC(=O)c1cc(C2CCCCC2)c(C(F)(F)F)[nH]c1=O. The molecule has 0 radical (unpaired) electrons. The fourth-order valence-electron chi connectivity index (χ4n) is 5.27. The van der Waals surface area contributed by atoms with Gasteiger partial charge in [0.1, 0.15) is 22.8 Å². The molecule has 2 aromatic carbocycles. The van der Waals surface area contributed by atoms with Crippen LogP contribution in [0.15, 0.2) is 47.3 Å². The number of pyridine rings is 1. The van der Waals surface area contributed by atoms with Gasteiger partial charge in [-0.25, -0.2) is 0 Å². The van der Waals surface area contributed by atoms with E-state index in [1.165, 1.54) is 0 Å². The molecule has 0 saturated heterocycles. The van der Waals surface area contributed by atoms with E-state index in [-0.39, 0.29) is 17.0 Å². The predicted molar refractivity (Wildman–Crippen MR) is 130 cm³/mol. The molecule has 1 aliphatic heterocycles. The Kier molecular flexibility index (Phi) is 6.14. The van der Waals surface area contributed by atoms with Crippen molar-refractivity contribution in [1.82, 2.24) is 10.3 Å². The molecule has 188 valence electrons. The molecule has 2 N–H and O–H groups in total. The second kappa shape index (κ2) is 9.15. The highest BCUT2D eigenvalue weighted by atomic mass is 19.4. The number of aromatic nitrogens is 1. The lowest BCUT2D eigenvalue weighted by atomic mass is 9.82. The quantitative estimate of drug-likeness (QED) is 0.425. The van der Waals surface area contributed by atoms with Crippen LogP contribution in [0.25, 0.3) is 0 Å². The summed E-state index contributed by atoms with van der Waals surface area (Å²) in [6, 6.07) is 11.7. The highest BCUT2D eigenvalue weighted by Crippen LogP contribution is 2.44. The van der Waals surface area contributed by atoms with Gasteiger partial charge in [0.2, 0.25) is 0 Å². The number of hydrogen-bond donors (Lipinski definition) is 2. The molecular formula is C28H27F3N2O3. The van der Waals surface area contributed by atoms with E-state index in [0.717, 1.165) is 36.5 Å². The van der Waals surface area contributed by atoms with Crippen LogP contribution in [-0.2, 0) is 6.18 Å². The normalized spacial score (nSPS) is 16.1. The zero-order chi connectivity index (χ0) is 25.6. The number of benzene rings is 2. The Morgan fingerprint density at radius 3 is 2.06 bits per heavy atom. The number of ether oxygens (including phenoxy) is 1. The maximum atomic E-state index is 13.8.